The Bertz CT molecular complexity index is 2040. The monoisotopic (exact) mass is 744 g/mol. The van der Waals surface area contributed by atoms with Gasteiger partial charge < -0.3 is 43.1 Å². The third kappa shape index (κ3) is 6.68. The number of fused-ring (bicyclic) bond motifs is 5. The molecule has 258 valence electrons. The Kier molecular flexibility index (Phi) is 8.97. The number of carbonyl (C=O) groups is 1. The largest absolute Gasteiger partial charge is 0.382 e. The van der Waals surface area contributed by atoms with Crippen molar-refractivity contribution in [1.29, 1.82) is 0 Å². The summed E-state index contributed by atoms with van der Waals surface area (Å²) < 4.78 is 38.8. The van der Waals surface area contributed by atoms with E-state index in [1.54, 1.807) is 18.4 Å². The Morgan fingerprint density at radius 3 is 2.46 bits per heavy atom. The second kappa shape index (κ2) is 12.8. The lowest BCUT2D eigenvalue weighted by molar-refractivity contribution is -0.118. The van der Waals surface area contributed by atoms with E-state index in [2.05, 4.69) is 35.2 Å². The van der Waals surface area contributed by atoms with Crippen LogP contribution in [0.2, 0.25) is 0 Å². The maximum atomic E-state index is 12.8. The zero-order chi connectivity index (χ0) is 34.0. The minimum Gasteiger partial charge on any atom is -0.382 e. The molecule has 20 nitrogen and oxygen atoms in total. The van der Waals surface area contributed by atoms with Gasteiger partial charge in [0.05, 0.1) is 38.1 Å². The first-order valence-electron chi connectivity index (χ1n) is 14.6. The fraction of sp³-hybridized carbons (Fsp3) is 0.542. The summed E-state index contributed by atoms with van der Waals surface area (Å²) >= 11 is 10.7. The van der Waals surface area contributed by atoms with Crippen LogP contribution in [-0.2, 0) is 56.0 Å². The Hall–Kier alpha value is -2.85. The third-order valence-corrected chi connectivity index (χ3v) is 11.0. The molecule has 48 heavy (non-hydrogen) atoms. The van der Waals surface area contributed by atoms with Crippen LogP contribution in [0.3, 0.4) is 0 Å². The van der Waals surface area contributed by atoms with E-state index in [0.717, 1.165) is 0 Å². The van der Waals surface area contributed by atoms with Crippen LogP contribution >= 0.6 is 13.4 Å². The number of H-pyrrole nitrogens is 1. The minimum absolute atomic E-state index is 0.0354. The molecule has 3 saturated heterocycles. The summed E-state index contributed by atoms with van der Waals surface area (Å²) in [7, 11) is 0. The molecular formula is C24H30N10O10P2S2. The molecule has 7 rings (SSSR count). The molecule has 4 aromatic rings. The molecule has 3 fully saturated rings. The number of nitrogens with two attached hydrogens (primary N) is 1. The average molecular weight is 745 g/mol. The summed E-state index contributed by atoms with van der Waals surface area (Å²) in [5, 5.41) is 2.56. The fourth-order valence-electron chi connectivity index (χ4n) is 5.56. The summed E-state index contributed by atoms with van der Waals surface area (Å²) in [6.45, 7) is -5.03. The normalized spacial score (nSPS) is 32.9. The first-order chi connectivity index (χ1) is 22.8. The molecule has 3 aliphatic rings. The summed E-state index contributed by atoms with van der Waals surface area (Å²) in [6.07, 6.45) is -0.829. The summed E-state index contributed by atoms with van der Waals surface area (Å²) in [6, 6.07) is 0. The van der Waals surface area contributed by atoms with Crippen molar-refractivity contribution in [2.75, 3.05) is 24.3 Å². The van der Waals surface area contributed by atoms with E-state index in [0.29, 0.717) is 11.2 Å². The molecule has 7 heterocycles. The van der Waals surface area contributed by atoms with Crippen LogP contribution in [-0.4, -0.2) is 92.4 Å². The highest BCUT2D eigenvalue weighted by Gasteiger charge is 2.46. The lowest BCUT2D eigenvalue weighted by Crippen LogP contribution is -2.29. The van der Waals surface area contributed by atoms with Crippen molar-refractivity contribution in [1.82, 2.24) is 39.0 Å². The lowest BCUT2D eigenvalue weighted by atomic mass is 10.2. The van der Waals surface area contributed by atoms with Gasteiger partial charge in [0.1, 0.15) is 30.3 Å². The Balaban J connectivity index is 1.16. The van der Waals surface area contributed by atoms with Crippen LogP contribution in [0.1, 0.15) is 39.1 Å². The van der Waals surface area contributed by atoms with Crippen molar-refractivity contribution in [3.63, 3.8) is 0 Å². The van der Waals surface area contributed by atoms with Gasteiger partial charge in [-0.05, 0) is 23.6 Å². The molecular weight excluding hydrogens is 714 g/mol. The molecule has 0 aromatic carbocycles. The maximum Gasteiger partial charge on any atom is 0.325 e. The van der Waals surface area contributed by atoms with Crippen molar-refractivity contribution >= 4 is 77.1 Å². The lowest BCUT2D eigenvalue weighted by Gasteiger charge is -2.27. The van der Waals surface area contributed by atoms with Gasteiger partial charge in [0.15, 0.2) is 28.9 Å². The highest BCUT2D eigenvalue weighted by Crippen LogP contribution is 2.54. The molecule has 4 aromatic heterocycles. The fourth-order valence-corrected chi connectivity index (χ4v) is 8.49. The van der Waals surface area contributed by atoms with E-state index in [1.165, 1.54) is 23.5 Å². The van der Waals surface area contributed by atoms with E-state index < -0.39 is 55.9 Å². The van der Waals surface area contributed by atoms with Gasteiger partial charge in [-0.1, -0.05) is 13.8 Å². The Morgan fingerprint density at radius 2 is 1.69 bits per heavy atom. The number of nitrogen functional groups attached to an aromatic ring is 1. The van der Waals surface area contributed by atoms with Crippen molar-refractivity contribution in [2.24, 2.45) is 5.92 Å². The van der Waals surface area contributed by atoms with Gasteiger partial charge in [0.2, 0.25) is 11.9 Å². The standard InChI is InChI=1S/C24H30N10O10P2S2/c1-10(2)21(35)31-24-30-20-17(22(36)32-24)29-9-34(20)23-13-3-11(41-23)5-39-45(37,47)43-12-4-15(42-14(12)6-40-46(38,48)44-13)33-8-28-16-18(25)26-7-27-19(16)33/h7-15,23H,3-6H2,1-2H3,(H,37,47)(H,38,48)(H2,25,26,27)(H2,30,31,32,35,36)/t11-,12+,13-,14+,15+,23+,45?,46?/m0/s1. The van der Waals surface area contributed by atoms with E-state index in [-0.39, 0.29) is 60.8 Å². The number of carbonyl (C=O) groups excluding carboxylic acids is 1. The molecule has 0 radical (unpaired) electrons. The summed E-state index contributed by atoms with van der Waals surface area (Å²) in [4.78, 5) is 70.9. The van der Waals surface area contributed by atoms with Gasteiger partial charge in [0, 0.05) is 18.8 Å². The predicted molar refractivity (Wildman–Crippen MR) is 173 cm³/mol. The van der Waals surface area contributed by atoms with Gasteiger partial charge in [-0.2, -0.15) is 4.98 Å². The predicted octanol–water partition coefficient (Wildman–Crippen LogP) is 0.962. The van der Waals surface area contributed by atoms with Gasteiger partial charge in [-0.15, -0.1) is 0 Å². The van der Waals surface area contributed by atoms with E-state index in [1.807, 2.05) is 0 Å². The SMILES string of the molecule is CC(C)C(=O)Nc1nc2c(ncn2[C@@H]2O[C@@H]3COP(O)(=S)O[C@@H]4C[C@H](n5cnc6c(N)ncnc65)O[C@@H]4COP(O)(=S)O[C@H]2C3)c(=O)[nH]1. The number of hydrogen-bond donors (Lipinski definition) is 5. The first kappa shape index (κ1) is 33.6. The molecule has 0 aliphatic carbocycles. The van der Waals surface area contributed by atoms with Crippen molar-refractivity contribution in [3.8, 4) is 0 Å². The zero-order valence-electron chi connectivity index (χ0n) is 25.2. The number of aromatic amines is 1. The number of rotatable bonds is 4. The second-order valence-corrected chi connectivity index (χ2v) is 17.1. The number of imidazole rings is 2. The van der Waals surface area contributed by atoms with Crippen LogP contribution in [0.15, 0.2) is 23.8 Å². The molecule has 24 heteroatoms. The van der Waals surface area contributed by atoms with Gasteiger partial charge in [-0.3, -0.25) is 29.0 Å². The molecule has 0 spiro atoms. The third-order valence-electron chi connectivity index (χ3n) is 7.86. The Labute approximate surface area is 280 Å². The van der Waals surface area contributed by atoms with Crippen LogP contribution in [0, 0.1) is 5.92 Å². The van der Waals surface area contributed by atoms with Crippen LogP contribution in [0.4, 0.5) is 11.8 Å². The first-order valence-corrected chi connectivity index (χ1v) is 19.8. The minimum atomic E-state index is -3.99. The number of nitrogens with one attached hydrogen (secondary N) is 2. The maximum absolute atomic E-state index is 12.8. The van der Waals surface area contributed by atoms with Gasteiger partial charge >= 0.3 is 13.4 Å². The molecule has 8 atom stereocenters. The second-order valence-electron chi connectivity index (χ2n) is 11.5. The summed E-state index contributed by atoms with van der Waals surface area (Å²) in [5.41, 5.74) is 6.15. The molecule has 6 N–H and O–H groups in total. The van der Waals surface area contributed by atoms with E-state index in [9.17, 15) is 19.4 Å². The van der Waals surface area contributed by atoms with Crippen LogP contribution < -0.4 is 16.6 Å². The van der Waals surface area contributed by atoms with Gasteiger partial charge in [-0.25, -0.2) is 19.9 Å². The molecule has 0 saturated carbocycles. The number of anilines is 2. The molecule has 1 amide bonds. The number of nitrogens with zero attached hydrogens (tertiary/aromatic N) is 7. The molecule has 2 unspecified atom stereocenters. The quantitative estimate of drug-likeness (QED) is 0.182. The molecule has 3 aliphatic heterocycles. The van der Waals surface area contributed by atoms with Crippen LogP contribution in [0.5, 0.6) is 0 Å². The highest BCUT2D eigenvalue weighted by molar-refractivity contribution is 8.07. The number of hydrogen-bond acceptors (Lipinski definition) is 16. The van der Waals surface area contributed by atoms with Crippen molar-refractivity contribution in [3.05, 3.63) is 29.3 Å². The summed E-state index contributed by atoms with van der Waals surface area (Å²) in [5.74, 6) is -0.643. The Morgan fingerprint density at radius 1 is 0.979 bits per heavy atom. The van der Waals surface area contributed by atoms with Gasteiger partial charge in [0.25, 0.3) is 5.56 Å². The van der Waals surface area contributed by atoms with E-state index >= 15 is 0 Å². The molecule has 2 bridgehead atoms. The zero-order valence-corrected chi connectivity index (χ0v) is 28.6. The highest BCUT2D eigenvalue weighted by atomic mass is 32.5. The number of amides is 1. The van der Waals surface area contributed by atoms with Crippen molar-refractivity contribution < 1.29 is 42.2 Å². The van der Waals surface area contributed by atoms with Crippen molar-refractivity contribution in [2.45, 2.75) is 63.6 Å². The number of ether oxygens (including phenoxy) is 2. The smallest absolute Gasteiger partial charge is 0.325 e. The van der Waals surface area contributed by atoms with E-state index in [4.69, 9.17) is 56.9 Å². The number of aromatic nitrogens is 8. The topological polar surface area (TPSA) is 258 Å². The average Bonchev–Trinajstić information content (AvgIpc) is 3.80. The van der Waals surface area contributed by atoms with Crippen LogP contribution in [0.25, 0.3) is 22.3 Å².